The second-order valence-corrected chi connectivity index (χ2v) is 5.33. The normalized spacial score (nSPS) is 19.6. The average Bonchev–Trinajstić information content (AvgIpc) is 2.93. The largest absolute Gasteiger partial charge is 0.465 e. The molecule has 0 radical (unpaired) electrons. The lowest BCUT2D eigenvalue weighted by Crippen LogP contribution is -2.29. The Morgan fingerprint density at radius 3 is 3.17 bits per heavy atom. The van der Waals surface area contributed by atoms with Gasteiger partial charge in [-0.25, -0.2) is 9.78 Å². The summed E-state index contributed by atoms with van der Waals surface area (Å²) >= 11 is 3.41. The monoisotopic (exact) mass is 309 g/mol. The maximum atomic E-state index is 11.1. The highest BCUT2D eigenvalue weighted by Gasteiger charge is 2.31. The van der Waals surface area contributed by atoms with Crippen molar-refractivity contribution in [1.82, 2.24) is 14.9 Å². The van der Waals surface area contributed by atoms with E-state index in [9.17, 15) is 4.79 Å². The molecule has 94 valence electrons. The van der Waals surface area contributed by atoms with Crippen LogP contribution in [0.15, 0.2) is 22.7 Å². The summed E-state index contributed by atoms with van der Waals surface area (Å²) < 4.78 is 0.978. The number of hydrogen-bond acceptors (Lipinski definition) is 2. The van der Waals surface area contributed by atoms with Crippen molar-refractivity contribution < 1.29 is 9.90 Å². The molecule has 1 amide bonds. The van der Waals surface area contributed by atoms with Gasteiger partial charge in [-0.15, -0.1) is 0 Å². The van der Waals surface area contributed by atoms with Crippen LogP contribution in [-0.2, 0) is 0 Å². The molecule has 0 saturated carbocycles. The molecule has 2 N–H and O–H groups in total. The highest BCUT2D eigenvalue weighted by Crippen LogP contribution is 2.31. The number of benzene rings is 1. The molecule has 2 aromatic rings. The van der Waals surface area contributed by atoms with Crippen molar-refractivity contribution in [3.8, 4) is 0 Å². The third-order valence-corrected chi connectivity index (χ3v) is 3.77. The third-order valence-electron chi connectivity index (χ3n) is 3.28. The molecule has 0 bridgehead atoms. The zero-order chi connectivity index (χ0) is 12.7. The Morgan fingerprint density at radius 2 is 2.39 bits per heavy atom. The first kappa shape index (κ1) is 11.5. The van der Waals surface area contributed by atoms with E-state index in [-0.39, 0.29) is 6.04 Å². The van der Waals surface area contributed by atoms with E-state index in [1.807, 2.05) is 18.2 Å². The Labute approximate surface area is 112 Å². The molecule has 2 heterocycles. The van der Waals surface area contributed by atoms with Gasteiger partial charge in [0.2, 0.25) is 0 Å². The fraction of sp³-hybridized carbons (Fsp3) is 0.333. The lowest BCUT2D eigenvalue weighted by molar-refractivity contribution is 0.139. The quantitative estimate of drug-likeness (QED) is 0.850. The van der Waals surface area contributed by atoms with Crippen molar-refractivity contribution in [2.45, 2.75) is 18.9 Å². The van der Waals surface area contributed by atoms with Crippen molar-refractivity contribution in [2.75, 3.05) is 6.54 Å². The van der Waals surface area contributed by atoms with E-state index in [2.05, 4.69) is 25.9 Å². The van der Waals surface area contributed by atoms with Gasteiger partial charge in [0.15, 0.2) is 0 Å². The number of rotatable bonds is 1. The van der Waals surface area contributed by atoms with Crippen LogP contribution in [0.4, 0.5) is 4.79 Å². The molecule has 1 saturated heterocycles. The summed E-state index contributed by atoms with van der Waals surface area (Å²) in [6.45, 7) is 0.584. The van der Waals surface area contributed by atoms with Gasteiger partial charge in [0.05, 0.1) is 17.1 Å². The smallest absolute Gasteiger partial charge is 0.407 e. The van der Waals surface area contributed by atoms with Crippen LogP contribution in [0, 0.1) is 0 Å². The standard InChI is InChI=1S/C12H12BrN3O2/c13-7-3-4-8-9(6-7)15-11(14-8)10-2-1-5-16(10)12(17)18/h3-4,6,10H,1-2,5H2,(H,14,15)(H,17,18)/t10-/m0/s1. The molecular weight excluding hydrogens is 298 g/mol. The van der Waals surface area contributed by atoms with E-state index in [0.717, 1.165) is 34.2 Å². The number of nitrogens with one attached hydrogen (secondary N) is 1. The Hall–Kier alpha value is -1.56. The molecular formula is C12H12BrN3O2. The van der Waals surface area contributed by atoms with Gasteiger partial charge >= 0.3 is 6.09 Å². The number of aromatic amines is 1. The van der Waals surface area contributed by atoms with E-state index >= 15 is 0 Å². The van der Waals surface area contributed by atoms with E-state index in [4.69, 9.17) is 5.11 Å². The Bertz CT molecular complexity index is 610. The van der Waals surface area contributed by atoms with Crippen molar-refractivity contribution in [2.24, 2.45) is 0 Å². The molecule has 1 aliphatic rings. The van der Waals surface area contributed by atoms with E-state index < -0.39 is 6.09 Å². The van der Waals surface area contributed by atoms with Gasteiger partial charge in [0.1, 0.15) is 5.82 Å². The highest BCUT2D eigenvalue weighted by atomic mass is 79.9. The molecule has 0 unspecified atom stereocenters. The predicted octanol–water partition coefficient (Wildman–Crippen LogP) is 3.14. The number of carboxylic acid groups (broad SMARTS) is 1. The lowest BCUT2D eigenvalue weighted by atomic mass is 10.2. The van der Waals surface area contributed by atoms with Gasteiger partial charge in [-0.2, -0.15) is 0 Å². The van der Waals surface area contributed by atoms with Gasteiger partial charge in [0.25, 0.3) is 0 Å². The number of carbonyl (C=O) groups is 1. The van der Waals surface area contributed by atoms with E-state index in [0.29, 0.717) is 6.54 Å². The van der Waals surface area contributed by atoms with Gasteiger partial charge < -0.3 is 10.1 Å². The summed E-state index contributed by atoms with van der Waals surface area (Å²) in [4.78, 5) is 20.3. The molecule has 1 aliphatic heterocycles. The minimum absolute atomic E-state index is 0.145. The minimum atomic E-state index is -0.876. The fourth-order valence-corrected chi connectivity index (χ4v) is 2.80. The van der Waals surface area contributed by atoms with Crippen molar-refractivity contribution in [3.05, 3.63) is 28.5 Å². The minimum Gasteiger partial charge on any atom is -0.465 e. The average molecular weight is 310 g/mol. The predicted molar refractivity (Wildman–Crippen MR) is 70.5 cm³/mol. The number of H-pyrrole nitrogens is 1. The molecule has 1 fully saturated rings. The SMILES string of the molecule is O=C(O)N1CCC[C@H]1c1nc2ccc(Br)cc2[nH]1. The van der Waals surface area contributed by atoms with Crippen LogP contribution in [0.3, 0.4) is 0 Å². The Balaban J connectivity index is 2.01. The second kappa shape index (κ2) is 4.28. The van der Waals surface area contributed by atoms with Crippen LogP contribution >= 0.6 is 15.9 Å². The van der Waals surface area contributed by atoms with Crippen LogP contribution in [0.2, 0.25) is 0 Å². The number of fused-ring (bicyclic) bond motifs is 1. The van der Waals surface area contributed by atoms with Crippen LogP contribution < -0.4 is 0 Å². The molecule has 1 aromatic carbocycles. The summed E-state index contributed by atoms with van der Waals surface area (Å²) in [5.41, 5.74) is 1.79. The first-order valence-corrected chi connectivity index (χ1v) is 6.59. The molecule has 0 spiro atoms. The third kappa shape index (κ3) is 1.86. The Morgan fingerprint density at radius 1 is 1.56 bits per heavy atom. The topological polar surface area (TPSA) is 69.2 Å². The number of amides is 1. The second-order valence-electron chi connectivity index (χ2n) is 4.42. The zero-order valence-electron chi connectivity index (χ0n) is 9.56. The van der Waals surface area contributed by atoms with Gasteiger partial charge in [-0.1, -0.05) is 15.9 Å². The number of likely N-dealkylation sites (tertiary alicyclic amines) is 1. The molecule has 1 aromatic heterocycles. The number of halogens is 1. The van der Waals surface area contributed by atoms with Gasteiger partial charge in [-0.3, -0.25) is 4.90 Å². The zero-order valence-corrected chi connectivity index (χ0v) is 11.1. The van der Waals surface area contributed by atoms with Gasteiger partial charge in [0, 0.05) is 11.0 Å². The molecule has 3 rings (SSSR count). The molecule has 5 nitrogen and oxygen atoms in total. The number of imidazole rings is 1. The first-order chi connectivity index (χ1) is 8.65. The summed E-state index contributed by atoms with van der Waals surface area (Å²) in [6, 6.07) is 5.65. The summed E-state index contributed by atoms with van der Waals surface area (Å²) in [5, 5.41) is 9.14. The summed E-state index contributed by atoms with van der Waals surface area (Å²) in [6.07, 6.45) is 0.837. The number of hydrogen-bond donors (Lipinski definition) is 2. The van der Waals surface area contributed by atoms with Crippen LogP contribution in [0.5, 0.6) is 0 Å². The maximum Gasteiger partial charge on any atom is 0.407 e. The molecule has 0 aliphatic carbocycles. The highest BCUT2D eigenvalue weighted by molar-refractivity contribution is 9.10. The summed E-state index contributed by atoms with van der Waals surface area (Å²) in [7, 11) is 0. The maximum absolute atomic E-state index is 11.1. The summed E-state index contributed by atoms with van der Waals surface area (Å²) in [5.74, 6) is 0.739. The van der Waals surface area contributed by atoms with Crippen molar-refractivity contribution >= 4 is 33.1 Å². The first-order valence-electron chi connectivity index (χ1n) is 5.80. The van der Waals surface area contributed by atoms with Crippen LogP contribution in [-0.4, -0.2) is 32.6 Å². The van der Waals surface area contributed by atoms with E-state index in [1.165, 1.54) is 4.90 Å². The van der Waals surface area contributed by atoms with E-state index in [1.54, 1.807) is 0 Å². The lowest BCUT2D eigenvalue weighted by Gasteiger charge is -2.19. The Kier molecular flexibility index (Phi) is 2.74. The molecule has 18 heavy (non-hydrogen) atoms. The molecule has 1 atom stereocenters. The van der Waals surface area contributed by atoms with Crippen molar-refractivity contribution in [1.29, 1.82) is 0 Å². The van der Waals surface area contributed by atoms with Crippen LogP contribution in [0.1, 0.15) is 24.7 Å². The fourth-order valence-electron chi connectivity index (χ4n) is 2.44. The van der Waals surface area contributed by atoms with Gasteiger partial charge in [-0.05, 0) is 31.0 Å². The molecule has 6 heteroatoms. The van der Waals surface area contributed by atoms with Crippen molar-refractivity contribution in [3.63, 3.8) is 0 Å². The number of nitrogens with zero attached hydrogens (tertiary/aromatic N) is 2. The number of aromatic nitrogens is 2. The van der Waals surface area contributed by atoms with Crippen LogP contribution in [0.25, 0.3) is 11.0 Å².